The summed E-state index contributed by atoms with van der Waals surface area (Å²) in [5.74, 6) is 0. The van der Waals surface area contributed by atoms with E-state index in [1.165, 1.54) is 75.8 Å². The summed E-state index contributed by atoms with van der Waals surface area (Å²) in [5, 5.41) is 5.25. The monoisotopic (exact) mass is 480 g/mol. The Morgan fingerprint density at radius 3 is 1.67 bits per heavy atom. The summed E-state index contributed by atoms with van der Waals surface area (Å²) < 4.78 is 0. The lowest BCUT2D eigenvalue weighted by Gasteiger charge is -2.22. The maximum Gasteiger partial charge on any atom is 0.0389 e. The van der Waals surface area contributed by atoms with Crippen LogP contribution in [0.5, 0.6) is 0 Å². The van der Waals surface area contributed by atoms with Crippen molar-refractivity contribution in [3.63, 3.8) is 0 Å². The van der Waals surface area contributed by atoms with Crippen LogP contribution in [-0.2, 0) is 5.41 Å². The molecule has 0 atom stereocenters. The number of hydrogen-bond acceptors (Lipinski definition) is 1. The van der Waals surface area contributed by atoms with E-state index in [0.717, 1.165) is 0 Å². The highest BCUT2D eigenvalue weighted by atomic mass is 32.1. The van der Waals surface area contributed by atoms with Gasteiger partial charge in [0.05, 0.1) is 0 Å². The lowest BCUT2D eigenvalue weighted by atomic mass is 9.80. The molecule has 1 aromatic heterocycles. The molecule has 0 bridgehead atoms. The van der Waals surface area contributed by atoms with E-state index >= 15 is 0 Å². The van der Waals surface area contributed by atoms with E-state index in [9.17, 15) is 0 Å². The minimum Gasteiger partial charge on any atom is -0.140 e. The second-order valence-corrected chi connectivity index (χ2v) is 11.9. The van der Waals surface area contributed by atoms with Crippen LogP contribution in [0.1, 0.15) is 35.4 Å². The van der Waals surface area contributed by atoms with Crippen molar-refractivity contribution in [2.75, 3.05) is 0 Å². The number of thiophene rings is 1. The summed E-state index contributed by atoms with van der Waals surface area (Å²) in [5.41, 5.74) is 10.9. The fraction of sp³-hybridized carbons (Fsp3) is 0.143. The Labute approximate surface area is 216 Å². The Morgan fingerprint density at radius 2 is 1.08 bits per heavy atom. The second-order valence-electron chi connectivity index (χ2n) is 10.7. The van der Waals surface area contributed by atoms with Crippen molar-refractivity contribution >= 4 is 32.9 Å². The fourth-order valence-electron chi connectivity index (χ4n) is 6.21. The Hall–Kier alpha value is -3.68. The highest BCUT2D eigenvalue weighted by Crippen LogP contribution is 2.54. The molecule has 0 radical (unpaired) electrons. The molecule has 0 fully saturated rings. The average molecular weight is 481 g/mol. The Kier molecular flexibility index (Phi) is 4.59. The van der Waals surface area contributed by atoms with Gasteiger partial charge in [-0.25, -0.2) is 0 Å². The maximum absolute atomic E-state index is 2.47. The van der Waals surface area contributed by atoms with Crippen molar-refractivity contribution in [2.45, 2.75) is 33.1 Å². The highest BCUT2D eigenvalue weighted by Gasteiger charge is 2.37. The zero-order chi connectivity index (χ0) is 24.6. The van der Waals surface area contributed by atoms with Crippen LogP contribution in [-0.4, -0.2) is 0 Å². The predicted octanol–water partition coefficient (Wildman–Crippen LogP) is 10.3. The molecule has 174 valence electrons. The van der Waals surface area contributed by atoms with Crippen LogP contribution in [0.25, 0.3) is 54.2 Å². The van der Waals surface area contributed by atoms with E-state index in [2.05, 4.69) is 125 Å². The van der Waals surface area contributed by atoms with Gasteiger partial charge in [-0.15, -0.1) is 11.3 Å². The summed E-state index contributed by atoms with van der Waals surface area (Å²) in [7, 11) is 0. The summed E-state index contributed by atoms with van der Waals surface area (Å²) in [6.45, 7) is 9.13. The van der Waals surface area contributed by atoms with E-state index in [1.54, 1.807) is 0 Å². The van der Waals surface area contributed by atoms with E-state index in [-0.39, 0.29) is 5.41 Å². The van der Waals surface area contributed by atoms with Gasteiger partial charge in [0.25, 0.3) is 0 Å². The molecule has 6 aromatic rings. The van der Waals surface area contributed by atoms with Crippen molar-refractivity contribution in [3.8, 4) is 32.7 Å². The Bertz CT molecular complexity index is 1760. The van der Waals surface area contributed by atoms with Crippen molar-refractivity contribution in [1.82, 2.24) is 0 Å². The zero-order valence-corrected chi connectivity index (χ0v) is 22.0. The third-order valence-corrected chi connectivity index (χ3v) is 9.11. The number of aryl methyl sites for hydroxylation is 2. The maximum atomic E-state index is 2.47. The van der Waals surface area contributed by atoms with Crippen LogP contribution in [0.2, 0.25) is 0 Å². The van der Waals surface area contributed by atoms with Gasteiger partial charge in [-0.1, -0.05) is 104 Å². The SMILES string of the molecule is Cc1ccc(-c2c3ccccc3c(-c3ccc4c(c3)C(C)(C)c3cc(C)sc3-4)c3ccccc23)cc1. The molecule has 1 heterocycles. The summed E-state index contributed by atoms with van der Waals surface area (Å²) in [4.78, 5) is 2.84. The first-order chi connectivity index (χ1) is 17.4. The molecule has 0 amide bonds. The van der Waals surface area contributed by atoms with Crippen LogP contribution in [0, 0.1) is 13.8 Å². The Balaban J connectivity index is 1.55. The standard InChI is InChI=1S/C35H28S/c1-21-13-15-23(16-14-21)32-25-9-5-7-11-27(25)33(28-12-8-6-10-26(28)32)24-17-18-29-30(20-24)35(3,4)31-19-22(2)36-34(29)31/h5-20H,1-4H3. The van der Waals surface area contributed by atoms with Gasteiger partial charge in [-0.3, -0.25) is 0 Å². The first-order valence-electron chi connectivity index (χ1n) is 12.7. The van der Waals surface area contributed by atoms with Gasteiger partial charge in [0.1, 0.15) is 0 Å². The van der Waals surface area contributed by atoms with Crippen LogP contribution < -0.4 is 0 Å². The smallest absolute Gasteiger partial charge is 0.0389 e. The predicted molar refractivity (Wildman–Crippen MR) is 157 cm³/mol. The van der Waals surface area contributed by atoms with Crippen molar-refractivity contribution in [3.05, 3.63) is 119 Å². The minimum absolute atomic E-state index is 0.0128. The first-order valence-corrected chi connectivity index (χ1v) is 13.5. The van der Waals surface area contributed by atoms with Gasteiger partial charge >= 0.3 is 0 Å². The fourth-order valence-corrected chi connectivity index (χ4v) is 7.42. The summed E-state index contributed by atoms with van der Waals surface area (Å²) >= 11 is 1.93. The molecule has 36 heavy (non-hydrogen) atoms. The molecular formula is C35H28S. The minimum atomic E-state index is 0.0128. The van der Waals surface area contributed by atoms with E-state index < -0.39 is 0 Å². The molecule has 0 aliphatic heterocycles. The molecule has 0 saturated carbocycles. The van der Waals surface area contributed by atoms with Crippen molar-refractivity contribution in [1.29, 1.82) is 0 Å². The molecule has 0 unspecified atom stereocenters. The highest BCUT2D eigenvalue weighted by molar-refractivity contribution is 7.15. The van der Waals surface area contributed by atoms with Gasteiger partial charge in [0.15, 0.2) is 0 Å². The van der Waals surface area contributed by atoms with Gasteiger partial charge in [0, 0.05) is 15.2 Å². The number of fused-ring (bicyclic) bond motifs is 5. The molecule has 0 saturated heterocycles. The third kappa shape index (κ3) is 2.99. The number of rotatable bonds is 2. The van der Waals surface area contributed by atoms with Gasteiger partial charge < -0.3 is 0 Å². The zero-order valence-electron chi connectivity index (χ0n) is 21.1. The molecule has 0 N–H and O–H groups in total. The largest absolute Gasteiger partial charge is 0.140 e. The summed E-state index contributed by atoms with van der Waals surface area (Å²) in [6.07, 6.45) is 0. The molecule has 1 aliphatic carbocycles. The quantitative estimate of drug-likeness (QED) is 0.216. The average Bonchev–Trinajstić information content (AvgIpc) is 3.37. The molecule has 1 aliphatic rings. The van der Waals surface area contributed by atoms with Crippen LogP contribution in [0.4, 0.5) is 0 Å². The third-order valence-electron chi connectivity index (χ3n) is 8.03. The molecule has 0 spiro atoms. The van der Waals surface area contributed by atoms with Crippen LogP contribution in [0.15, 0.2) is 97.1 Å². The van der Waals surface area contributed by atoms with E-state index in [1.807, 2.05) is 11.3 Å². The van der Waals surface area contributed by atoms with E-state index in [0.29, 0.717) is 0 Å². The normalized spacial score (nSPS) is 13.8. The van der Waals surface area contributed by atoms with Crippen LogP contribution in [0.3, 0.4) is 0 Å². The molecule has 1 heteroatoms. The topological polar surface area (TPSA) is 0 Å². The van der Waals surface area contributed by atoms with Crippen molar-refractivity contribution in [2.24, 2.45) is 0 Å². The lowest BCUT2D eigenvalue weighted by molar-refractivity contribution is 0.661. The molecular weight excluding hydrogens is 452 g/mol. The number of benzene rings is 5. The van der Waals surface area contributed by atoms with Crippen molar-refractivity contribution < 1.29 is 0 Å². The Morgan fingerprint density at radius 1 is 0.556 bits per heavy atom. The molecule has 0 nitrogen and oxygen atoms in total. The lowest BCUT2D eigenvalue weighted by Crippen LogP contribution is -2.14. The van der Waals surface area contributed by atoms with Gasteiger partial charge in [-0.2, -0.15) is 0 Å². The molecule has 7 rings (SSSR count). The van der Waals surface area contributed by atoms with E-state index in [4.69, 9.17) is 0 Å². The second kappa shape index (κ2) is 7.66. The van der Waals surface area contributed by atoms with Gasteiger partial charge in [0.2, 0.25) is 0 Å². The molecule has 5 aromatic carbocycles. The summed E-state index contributed by atoms with van der Waals surface area (Å²) in [6, 6.07) is 36.4. The first kappa shape index (κ1) is 21.6. The number of hydrogen-bond donors (Lipinski definition) is 0. The van der Waals surface area contributed by atoms with Gasteiger partial charge in [-0.05, 0) is 86.5 Å². The van der Waals surface area contributed by atoms with Crippen LogP contribution >= 0.6 is 11.3 Å².